The lowest BCUT2D eigenvalue weighted by Gasteiger charge is -2.20. The van der Waals surface area contributed by atoms with Gasteiger partial charge >= 0.3 is 0 Å². The molecule has 3 aromatic carbocycles. The molecule has 0 fully saturated rings. The number of benzene rings is 3. The Morgan fingerprint density at radius 1 is 1.15 bits per heavy atom. The topological polar surface area (TPSA) is 131 Å². The summed E-state index contributed by atoms with van der Waals surface area (Å²) in [4.78, 5) is 25.7. The normalized spacial score (nSPS) is 12.6. The predicted molar refractivity (Wildman–Crippen MR) is 156 cm³/mol. The van der Waals surface area contributed by atoms with E-state index >= 15 is 0 Å². The maximum Gasteiger partial charge on any atom is 0.262 e. The van der Waals surface area contributed by atoms with E-state index in [1.807, 2.05) is 32.0 Å². The molecule has 0 radical (unpaired) electrons. The van der Waals surface area contributed by atoms with Crippen LogP contribution >= 0.6 is 22.6 Å². The summed E-state index contributed by atoms with van der Waals surface area (Å²) in [5.41, 5.74) is 4.83. The fourth-order valence-electron chi connectivity index (χ4n) is 3.90. The first-order valence-corrected chi connectivity index (χ1v) is 13.4. The predicted octanol–water partition coefficient (Wildman–Crippen LogP) is 4.38. The van der Waals surface area contributed by atoms with Crippen LogP contribution in [-0.2, 0) is 11.4 Å². The minimum Gasteiger partial charge on any atom is -0.493 e. The zero-order valence-corrected chi connectivity index (χ0v) is 24.2. The largest absolute Gasteiger partial charge is 0.493 e. The van der Waals surface area contributed by atoms with Gasteiger partial charge in [0.2, 0.25) is 6.79 Å². The molecule has 1 aliphatic rings. The molecule has 1 atom stereocenters. The second-order valence-electron chi connectivity index (χ2n) is 9.09. The van der Waals surface area contributed by atoms with Crippen LogP contribution in [0, 0.1) is 20.8 Å². The second kappa shape index (κ2) is 13.2. The number of carbonyl (C=O) groups excluding carboxylic acids is 2. The first-order chi connectivity index (χ1) is 19.3. The lowest BCUT2D eigenvalue weighted by atomic mass is 10.0. The van der Waals surface area contributed by atoms with Crippen LogP contribution in [0.1, 0.15) is 40.9 Å². The Hall–Kier alpha value is -4.31. The van der Waals surface area contributed by atoms with E-state index in [1.165, 1.54) is 13.3 Å². The number of hydrogen-bond acceptors (Lipinski definition) is 8. The Balaban J connectivity index is 1.40. The molecule has 206 valence electrons. The highest BCUT2D eigenvalue weighted by Gasteiger charge is 2.25. The molecule has 10 nitrogen and oxygen atoms in total. The van der Waals surface area contributed by atoms with Crippen molar-refractivity contribution in [3.8, 4) is 29.1 Å². The van der Waals surface area contributed by atoms with Crippen LogP contribution in [-0.4, -0.2) is 38.0 Å². The number of nitrogens with one attached hydrogen (secondary N) is 2. The van der Waals surface area contributed by atoms with Crippen molar-refractivity contribution < 1.29 is 28.5 Å². The van der Waals surface area contributed by atoms with Crippen LogP contribution in [0.5, 0.6) is 23.0 Å². The van der Waals surface area contributed by atoms with Crippen molar-refractivity contribution >= 4 is 40.6 Å². The number of amides is 2. The lowest BCUT2D eigenvalue weighted by Crippen LogP contribution is -2.48. The highest BCUT2D eigenvalue weighted by Crippen LogP contribution is 2.34. The molecule has 40 heavy (non-hydrogen) atoms. The zero-order valence-electron chi connectivity index (χ0n) is 22.1. The number of nitriles is 1. The molecule has 0 aliphatic carbocycles. The van der Waals surface area contributed by atoms with Crippen molar-refractivity contribution in [3.05, 3.63) is 80.4 Å². The molecular weight excluding hydrogens is 627 g/mol. The van der Waals surface area contributed by atoms with Gasteiger partial charge in [0.15, 0.2) is 23.0 Å². The number of fused-ring (bicyclic) bond motifs is 1. The van der Waals surface area contributed by atoms with Gasteiger partial charge in [-0.3, -0.25) is 9.59 Å². The molecule has 1 aliphatic heterocycles. The lowest BCUT2D eigenvalue weighted by molar-refractivity contribution is -0.123. The highest BCUT2D eigenvalue weighted by molar-refractivity contribution is 14.1. The minimum atomic E-state index is -0.822. The maximum absolute atomic E-state index is 12.9. The molecule has 11 heteroatoms. The number of hydrazone groups is 1. The summed E-state index contributed by atoms with van der Waals surface area (Å²) >= 11 is 2.13. The monoisotopic (exact) mass is 654 g/mol. The van der Waals surface area contributed by atoms with Gasteiger partial charge in [-0.2, -0.15) is 10.4 Å². The Morgan fingerprint density at radius 2 is 1.93 bits per heavy atom. The third kappa shape index (κ3) is 6.81. The molecule has 1 unspecified atom stereocenters. The van der Waals surface area contributed by atoms with Crippen molar-refractivity contribution in [1.29, 1.82) is 5.26 Å². The van der Waals surface area contributed by atoms with Gasteiger partial charge in [0.1, 0.15) is 12.6 Å². The summed E-state index contributed by atoms with van der Waals surface area (Å²) in [6.45, 7) is 3.96. The van der Waals surface area contributed by atoms with E-state index in [2.05, 4.69) is 44.5 Å². The van der Waals surface area contributed by atoms with E-state index < -0.39 is 17.9 Å². The fourth-order valence-corrected chi connectivity index (χ4v) is 4.68. The van der Waals surface area contributed by atoms with E-state index in [1.54, 1.807) is 36.4 Å². The molecule has 3 aromatic rings. The van der Waals surface area contributed by atoms with E-state index in [0.717, 1.165) is 9.13 Å². The summed E-state index contributed by atoms with van der Waals surface area (Å²) in [6.07, 6.45) is 1.48. The molecule has 2 N–H and O–H groups in total. The Labute approximate surface area is 245 Å². The molecule has 0 aromatic heterocycles. The molecule has 4 rings (SSSR count). The number of carbonyl (C=O) groups is 2. The van der Waals surface area contributed by atoms with E-state index in [9.17, 15) is 14.9 Å². The number of rotatable bonds is 10. The maximum atomic E-state index is 12.9. The summed E-state index contributed by atoms with van der Waals surface area (Å²) < 4.78 is 22.9. The van der Waals surface area contributed by atoms with Crippen molar-refractivity contribution in [2.75, 3.05) is 13.9 Å². The van der Waals surface area contributed by atoms with Gasteiger partial charge in [-0.15, -0.1) is 0 Å². The van der Waals surface area contributed by atoms with Gasteiger partial charge in [0.25, 0.3) is 11.8 Å². The molecular formula is C29H27IN4O6. The summed E-state index contributed by atoms with van der Waals surface area (Å²) in [6, 6.07) is 17.0. The van der Waals surface area contributed by atoms with Crippen molar-refractivity contribution in [2.24, 2.45) is 11.0 Å². The molecule has 1 heterocycles. The van der Waals surface area contributed by atoms with Crippen LogP contribution in [0.4, 0.5) is 0 Å². The fraction of sp³-hybridized carbons (Fsp3) is 0.241. The standard InChI is InChI=1S/C29H27IN4O6/c1-17(2)26(33-28(35)19-8-9-23-24(12-19)40-16-39-23)29(36)34-32-14-18-10-22(30)27(25(11-18)37-3)38-15-21-7-5-4-6-20(21)13-31/h4-12,14,17,26H,15-16H2,1-3H3,(H,33,35)(H,34,36)/b32-14+. The van der Waals surface area contributed by atoms with E-state index in [-0.39, 0.29) is 19.3 Å². The molecule has 0 saturated carbocycles. The number of methoxy groups -OCH3 is 1. The summed E-state index contributed by atoms with van der Waals surface area (Å²) in [5, 5.41) is 16.2. The molecule has 0 spiro atoms. The number of hydrogen-bond donors (Lipinski definition) is 2. The molecule has 0 bridgehead atoms. The van der Waals surface area contributed by atoms with Crippen LogP contribution in [0.2, 0.25) is 0 Å². The number of ether oxygens (including phenoxy) is 4. The summed E-state index contributed by atoms with van der Waals surface area (Å²) in [5.74, 6) is 0.988. The van der Waals surface area contributed by atoms with Crippen LogP contribution in [0.25, 0.3) is 0 Å². The van der Waals surface area contributed by atoms with Gasteiger partial charge < -0.3 is 24.3 Å². The highest BCUT2D eigenvalue weighted by atomic mass is 127. The van der Waals surface area contributed by atoms with Gasteiger partial charge in [-0.25, -0.2) is 5.43 Å². The zero-order chi connectivity index (χ0) is 28.6. The van der Waals surface area contributed by atoms with Crippen molar-refractivity contribution in [2.45, 2.75) is 26.5 Å². The average Bonchev–Trinajstić information content (AvgIpc) is 3.43. The van der Waals surface area contributed by atoms with E-state index in [0.29, 0.717) is 39.7 Å². The Morgan fingerprint density at radius 3 is 2.67 bits per heavy atom. The third-order valence-corrected chi connectivity index (χ3v) is 6.82. The number of halogens is 1. The SMILES string of the molecule is COc1cc(/C=N/NC(=O)C(NC(=O)c2ccc3c(c2)OCO3)C(C)C)cc(I)c1OCc1ccccc1C#N. The molecule has 0 saturated heterocycles. The van der Waals surface area contributed by atoms with Crippen molar-refractivity contribution in [3.63, 3.8) is 0 Å². The average molecular weight is 654 g/mol. The minimum absolute atomic E-state index is 0.104. The molecule has 2 amide bonds. The van der Waals surface area contributed by atoms with Gasteiger partial charge in [0, 0.05) is 11.1 Å². The van der Waals surface area contributed by atoms with E-state index in [4.69, 9.17) is 18.9 Å². The quantitative estimate of drug-likeness (QED) is 0.189. The van der Waals surface area contributed by atoms with Crippen LogP contribution in [0.3, 0.4) is 0 Å². The first-order valence-electron chi connectivity index (χ1n) is 12.3. The first kappa shape index (κ1) is 28.7. The van der Waals surface area contributed by atoms with Crippen LogP contribution < -0.4 is 29.7 Å². The van der Waals surface area contributed by atoms with Crippen molar-refractivity contribution in [1.82, 2.24) is 10.7 Å². The summed E-state index contributed by atoms with van der Waals surface area (Å²) in [7, 11) is 1.53. The third-order valence-electron chi connectivity index (χ3n) is 6.02. The van der Waals surface area contributed by atoms with Crippen LogP contribution in [0.15, 0.2) is 59.7 Å². The van der Waals surface area contributed by atoms with Gasteiger partial charge in [-0.1, -0.05) is 32.0 Å². The Kier molecular flexibility index (Phi) is 9.44. The Bertz CT molecular complexity index is 1480. The van der Waals surface area contributed by atoms with Gasteiger partial charge in [0.05, 0.1) is 28.5 Å². The smallest absolute Gasteiger partial charge is 0.262 e. The number of nitrogens with zero attached hydrogens (tertiary/aromatic N) is 2. The van der Waals surface area contributed by atoms with Gasteiger partial charge in [-0.05, 0) is 70.5 Å². The second-order valence-corrected chi connectivity index (χ2v) is 10.3.